The van der Waals surface area contributed by atoms with E-state index in [1.165, 1.54) is 0 Å². The lowest BCUT2D eigenvalue weighted by Crippen LogP contribution is -2.53. The summed E-state index contributed by atoms with van der Waals surface area (Å²) in [5.41, 5.74) is 2.29. The number of benzene rings is 3. The summed E-state index contributed by atoms with van der Waals surface area (Å²) in [4.78, 5) is 12.1. The van der Waals surface area contributed by atoms with Crippen LogP contribution in [0, 0.1) is 5.92 Å². The molecule has 3 aromatic rings. The van der Waals surface area contributed by atoms with Crippen molar-refractivity contribution in [1.82, 2.24) is 10.6 Å². The van der Waals surface area contributed by atoms with Gasteiger partial charge in [0, 0.05) is 0 Å². The molecule has 0 saturated carbocycles. The lowest BCUT2D eigenvalue weighted by Gasteiger charge is -2.39. The van der Waals surface area contributed by atoms with Gasteiger partial charge >= 0.3 is 5.97 Å². The summed E-state index contributed by atoms with van der Waals surface area (Å²) < 4.78 is 0. The summed E-state index contributed by atoms with van der Waals surface area (Å²) in [6.45, 7) is 10.5. The quantitative estimate of drug-likeness (QED) is 0.351. The molecule has 0 saturated heterocycles. The van der Waals surface area contributed by atoms with Gasteiger partial charge in [0.1, 0.15) is 6.04 Å². The molecular weight excluding hydrogens is 408 g/mol. The molecule has 0 bridgehead atoms. The third-order valence-corrected chi connectivity index (χ3v) is 5.52. The summed E-state index contributed by atoms with van der Waals surface area (Å²) in [6.07, 6.45) is 0.545. The Morgan fingerprint density at radius 2 is 1.12 bits per heavy atom. The largest absolute Gasteiger partial charge is 0.480 e. The first-order valence-electron chi connectivity index (χ1n) is 11.8. The average molecular weight is 447 g/mol. The number of carboxylic acids is 1. The molecule has 33 heavy (non-hydrogen) atoms. The molecule has 176 valence electrons. The number of carboxylic acid groups (broad SMARTS) is 1. The Kier molecular flexibility index (Phi) is 10.8. The van der Waals surface area contributed by atoms with E-state index >= 15 is 0 Å². The van der Waals surface area contributed by atoms with E-state index in [1.54, 1.807) is 0 Å². The summed E-state index contributed by atoms with van der Waals surface area (Å²) in [7, 11) is 0. The molecule has 0 amide bonds. The monoisotopic (exact) mass is 446 g/mol. The highest BCUT2D eigenvalue weighted by molar-refractivity contribution is 5.74. The van der Waals surface area contributed by atoms with Gasteiger partial charge in [0.25, 0.3) is 0 Å². The van der Waals surface area contributed by atoms with E-state index in [-0.39, 0.29) is 5.92 Å². The number of nitrogens with one attached hydrogen (secondary N) is 2. The molecule has 3 N–H and O–H groups in total. The first-order chi connectivity index (χ1) is 16.0. The van der Waals surface area contributed by atoms with E-state index in [4.69, 9.17) is 0 Å². The van der Waals surface area contributed by atoms with Crippen LogP contribution in [0.3, 0.4) is 0 Å². The molecule has 3 aromatic carbocycles. The zero-order valence-corrected chi connectivity index (χ0v) is 20.3. The van der Waals surface area contributed by atoms with E-state index in [0.29, 0.717) is 6.42 Å². The minimum Gasteiger partial charge on any atom is -0.480 e. The van der Waals surface area contributed by atoms with Gasteiger partial charge in [-0.2, -0.15) is 0 Å². The van der Waals surface area contributed by atoms with E-state index < -0.39 is 17.6 Å². The Labute approximate surface area is 199 Å². The highest BCUT2D eigenvalue weighted by Gasteiger charge is 2.39. The second-order valence-electron chi connectivity index (χ2n) is 8.47. The van der Waals surface area contributed by atoms with Gasteiger partial charge in [-0.15, -0.1) is 0 Å². The normalized spacial score (nSPS) is 12.0. The number of aliphatic carboxylic acids is 1. The SMILES string of the molecule is CC(C)CC(NC(c1ccccc1)(c1ccccc1)c1ccccc1)C(=O)O.CCNCC. The summed E-state index contributed by atoms with van der Waals surface area (Å²) in [5.74, 6) is -0.575. The van der Waals surface area contributed by atoms with Crippen molar-refractivity contribution in [2.24, 2.45) is 5.92 Å². The van der Waals surface area contributed by atoms with Crippen molar-refractivity contribution in [2.45, 2.75) is 45.7 Å². The molecular formula is C29H38N2O2. The summed E-state index contributed by atoms with van der Waals surface area (Å²) in [6, 6.07) is 29.6. The van der Waals surface area contributed by atoms with Gasteiger partial charge in [0.05, 0.1) is 5.54 Å². The van der Waals surface area contributed by atoms with Gasteiger partial charge in [-0.3, -0.25) is 10.1 Å². The van der Waals surface area contributed by atoms with Gasteiger partial charge < -0.3 is 10.4 Å². The second-order valence-corrected chi connectivity index (χ2v) is 8.47. The van der Waals surface area contributed by atoms with E-state index in [9.17, 15) is 9.90 Å². The maximum absolute atomic E-state index is 12.1. The minimum absolute atomic E-state index is 0.258. The van der Waals surface area contributed by atoms with Crippen LogP contribution < -0.4 is 10.6 Å². The maximum atomic E-state index is 12.1. The highest BCUT2D eigenvalue weighted by atomic mass is 16.4. The van der Waals surface area contributed by atoms with Crippen LogP contribution in [-0.2, 0) is 10.3 Å². The zero-order valence-electron chi connectivity index (χ0n) is 20.3. The molecule has 0 spiro atoms. The highest BCUT2D eigenvalue weighted by Crippen LogP contribution is 2.37. The van der Waals surface area contributed by atoms with Gasteiger partial charge in [0.2, 0.25) is 0 Å². The number of hydrogen-bond acceptors (Lipinski definition) is 3. The lowest BCUT2D eigenvalue weighted by atomic mass is 9.76. The van der Waals surface area contributed by atoms with Crippen molar-refractivity contribution in [1.29, 1.82) is 0 Å². The van der Waals surface area contributed by atoms with Crippen LogP contribution >= 0.6 is 0 Å². The molecule has 0 radical (unpaired) electrons. The third-order valence-electron chi connectivity index (χ3n) is 5.52. The fraction of sp³-hybridized carbons (Fsp3) is 0.345. The molecule has 0 aliphatic carbocycles. The molecule has 1 atom stereocenters. The van der Waals surface area contributed by atoms with Crippen LogP contribution in [0.1, 0.15) is 50.8 Å². The molecule has 4 nitrogen and oxygen atoms in total. The van der Waals surface area contributed by atoms with Crippen LogP contribution in [0.15, 0.2) is 91.0 Å². The molecule has 0 aliphatic rings. The molecule has 4 heteroatoms. The number of hydrogen-bond donors (Lipinski definition) is 3. The van der Waals surface area contributed by atoms with Crippen LogP contribution in [0.5, 0.6) is 0 Å². The number of rotatable bonds is 10. The predicted octanol–water partition coefficient (Wildman–Crippen LogP) is 5.68. The van der Waals surface area contributed by atoms with Crippen molar-refractivity contribution in [3.8, 4) is 0 Å². The topological polar surface area (TPSA) is 61.4 Å². The van der Waals surface area contributed by atoms with Crippen LogP contribution in [0.2, 0.25) is 0 Å². The predicted molar refractivity (Wildman–Crippen MR) is 137 cm³/mol. The van der Waals surface area contributed by atoms with E-state index in [2.05, 4.69) is 60.9 Å². The summed E-state index contributed by atoms with van der Waals surface area (Å²) >= 11 is 0. The van der Waals surface area contributed by atoms with Crippen molar-refractivity contribution in [2.75, 3.05) is 13.1 Å². The van der Waals surface area contributed by atoms with Gasteiger partial charge in [0.15, 0.2) is 0 Å². The molecule has 0 aromatic heterocycles. The van der Waals surface area contributed by atoms with Crippen LogP contribution in [0.4, 0.5) is 0 Å². The zero-order chi connectivity index (χ0) is 24.1. The third kappa shape index (κ3) is 7.28. The fourth-order valence-corrected chi connectivity index (χ4v) is 4.02. The van der Waals surface area contributed by atoms with Crippen molar-refractivity contribution >= 4 is 5.97 Å². The minimum atomic E-state index is -0.833. The first-order valence-corrected chi connectivity index (χ1v) is 11.8. The molecule has 0 fully saturated rings. The molecule has 0 heterocycles. The Hall–Kier alpha value is -2.95. The second kappa shape index (κ2) is 13.6. The van der Waals surface area contributed by atoms with Crippen molar-refractivity contribution in [3.05, 3.63) is 108 Å². The Morgan fingerprint density at radius 1 is 0.758 bits per heavy atom. The maximum Gasteiger partial charge on any atom is 0.320 e. The van der Waals surface area contributed by atoms with E-state index in [0.717, 1.165) is 29.8 Å². The average Bonchev–Trinajstić information content (AvgIpc) is 2.84. The standard InChI is InChI=1S/C25H27NO2.C4H11N/c1-19(2)18-23(24(27)28)26-25(20-12-6-3-7-13-20,21-14-8-4-9-15-21)22-16-10-5-11-17-22;1-3-5-4-2/h3-17,19,23,26H,18H2,1-2H3,(H,27,28);5H,3-4H2,1-2H3. The first kappa shape index (κ1) is 26.3. The lowest BCUT2D eigenvalue weighted by molar-refractivity contribution is -0.140. The van der Waals surface area contributed by atoms with Crippen molar-refractivity contribution < 1.29 is 9.90 Å². The smallest absolute Gasteiger partial charge is 0.320 e. The van der Waals surface area contributed by atoms with Crippen LogP contribution in [-0.4, -0.2) is 30.2 Å². The Bertz CT molecular complexity index is 829. The Morgan fingerprint density at radius 3 is 1.36 bits per heavy atom. The molecule has 0 aliphatic heterocycles. The fourth-order valence-electron chi connectivity index (χ4n) is 4.02. The Balaban J connectivity index is 0.000000696. The molecule has 3 rings (SSSR count). The van der Waals surface area contributed by atoms with Gasteiger partial charge in [-0.05, 0) is 42.1 Å². The van der Waals surface area contributed by atoms with Crippen molar-refractivity contribution in [3.63, 3.8) is 0 Å². The number of carbonyl (C=O) groups is 1. The van der Waals surface area contributed by atoms with Gasteiger partial charge in [-0.1, -0.05) is 119 Å². The van der Waals surface area contributed by atoms with Gasteiger partial charge in [-0.25, -0.2) is 0 Å². The van der Waals surface area contributed by atoms with E-state index in [1.807, 2.05) is 68.4 Å². The molecule has 1 unspecified atom stereocenters. The van der Waals surface area contributed by atoms with Crippen LogP contribution in [0.25, 0.3) is 0 Å². The summed E-state index contributed by atoms with van der Waals surface area (Å²) in [5, 5.41) is 16.6.